The molecule has 1 aromatic rings. The first-order chi connectivity index (χ1) is 7.65. The van der Waals surface area contributed by atoms with Gasteiger partial charge in [-0.2, -0.15) is 0 Å². The molecule has 0 aliphatic heterocycles. The van der Waals surface area contributed by atoms with E-state index in [1.807, 2.05) is 0 Å². The van der Waals surface area contributed by atoms with Gasteiger partial charge in [0, 0.05) is 6.42 Å². The summed E-state index contributed by atoms with van der Waals surface area (Å²) in [4.78, 5) is 21.9. The summed E-state index contributed by atoms with van der Waals surface area (Å²) in [7, 11) is 0. The van der Waals surface area contributed by atoms with Crippen LogP contribution in [-0.4, -0.2) is 23.3 Å². The Balaban J connectivity index is 0.00000256. The molecule has 1 unspecified atom stereocenters. The van der Waals surface area contributed by atoms with Crippen molar-refractivity contribution in [3.63, 3.8) is 0 Å². The van der Waals surface area contributed by atoms with Crippen LogP contribution in [-0.2, 0) is 16.0 Å². The van der Waals surface area contributed by atoms with E-state index < -0.39 is 6.04 Å². The molecule has 0 spiro atoms. The smallest absolute Gasteiger partial charge is 0.220 e. The van der Waals surface area contributed by atoms with Crippen molar-refractivity contribution < 1.29 is 14.7 Å². The Hall–Kier alpha value is -1.88. The van der Waals surface area contributed by atoms with Crippen molar-refractivity contribution in [3.05, 3.63) is 29.8 Å². The third-order valence-corrected chi connectivity index (χ3v) is 2.22. The van der Waals surface area contributed by atoms with Crippen molar-refractivity contribution in [2.24, 2.45) is 0 Å². The fourth-order valence-corrected chi connectivity index (χ4v) is 1.33. The summed E-state index contributed by atoms with van der Waals surface area (Å²) in [5, 5.41) is 11.7. The Morgan fingerprint density at radius 1 is 1.41 bits per heavy atom. The van der Waals surface area contributed by atoms with E-state index in [9.17, 15) is 9.59 Å². The molecule has 0 heterocycles. The van der Waals surface area contributed by atoms with E-state index in [2.05, 4.69) is 5.32 Å². The van der Waals surface area contributed by atoms with Crippen LogP contribution in [0.1, 0.15) is 18.9 Å². The van der Waals surface area contributed by atoms with Gasteiger partial charge in [0.25, 0.3) is 0 Å². The molecule has 0 aliphatic carbocycles. The average Bonchev–Trinajstić information content (AvgIpc) is 2.30. The third kappa shape index (κ3) is 5.12. The van der Waals surface area contributed by atoms with Gasteiger partial charge in [-0.1, -0.05) is 19.1 Å². The highest BCUT2D eigenvalue weighted by molar-refractivity contribution is 5.79. The zero-order chi connectivity index (χ0) is 12.0. The predicted molar refractivity (Wildman–Crippen MR) is 65.1 cm³/mol. The highest BCUT2D eigenvalue weighted by Crippen LogP contribution is 2.10. The fourth-order valence-electron chi connectivity index (χ4n) is 1.33. The van der Waals surface area contributed by atoms with Crippen molar-refractivity contribution in [1.82, 2.24) is 11.5 Å². The number of aromatic hydroxyl groups is 1. The van der Waals surface area contributed by atoms with Crippen molar-refractivity contribution in [2.75, 3.05) is 0 Å². The van der Waals surface area contributed by atoms with E-state index in [4.69, 9.17) is 5.11 Å². The van der Waals surface area contributed by atoms with Crippen LogP contribution in [0.3, 0.4) is 0 Å². The molecule has 1 atom stereocenters. The van der Waals surface area contributed by atoms with Gasteiger partial charge in [0.2, 0.25) is 5.91 Å². The molecule has 0 fully saturated rings. The number of rotatable bonds is 5. The lowest BCUT2D eigenvalue weighted by Gasteiger charge is -2.12. The first kappa shape index (κ1) is 15.1. The van der Waals surface area contributed by atoms with Crippen LogP contribution in [0.4, 0.5) is 0 Å². The summed E-state index contributed by atoms with van der Waals surface area (Å²) in [6.45, 7) is 1.73. The first-order valence-electron chi connectivity index (χ1n) is 5.18. The van der Waals surface area contributed by atoms with Crippen molar-refractivity contribution in [1.29, 1.82) is 0 Å². The number of aldehydes is 1. The Labute approximate surface area is 100 Å². The van der Waals surface area contributed by atoms with E-state index in [-0.39, 0.29) is 17.8 Å². The summed E-state index contributed by atoms with van der Waals surface area (Å²) >= 11 is 0. The summed E-state index contributed by atoms with van der Waals surface area (Å²) in [6, 6.07) is 6.06. The highest BCUT2D eigenvalue weighted by Gasteiger charge is 2.10. The van der Waals surface area contributed by atoms with Crippen LogP contribution >= 0.6 is 0 Å². The lowest BCUT2D eigenvalue weighted by molar-refractivity contribution is -0.123. The number of phenolic OH excluding ortho intramolecular Hbond substituents is 1. The van der Waals surface area contributed by atoms with Crippen molar-refractivity contribution in [3.8, 4) is 5.75 Å². The number of hydrogen-bond acceptors (Lipinski definition) is 4. The number of phenols is 1. The van der Waals surface area contributed by atoms with Gasteiger partial charge in [-0.25, -0.2) is 0 Å². The molecular weight excluding hydrogens is 220 g/mol. The quantitative estimate of drug-likeness (QED) is 0.670. The minimum atomic E-state index is -0.503. The fraction of sp³-hybridized carbons (Fsp3) is 0.333. The van der Waals surface area contributed by atoms with E-state index in [0.717, 1.165) is 11.8 Å². The number of hydrogen-bond donors (Lipinski definition) is 3. The van der Waals surface area contributed by atoms with Gasteiger partial charge in [-0.3, -0.25) is 4.79 Å². The maximum absolute atomic E-state index is 11.1. The van der Waals surface area contributed by atoms with E-state index in [1.54, 1.807) is 31.2 Å². The van der Waals surface area contributed by atoms with Gasteiger partial charge in [-0.05, 0) is 24.1 Å². The number of carbonyl (C=O) groups is 2. The molecule has 0 radical (unpaired) electrons. The standard InChI is InChI=1S/C12H15NO3.H3N/c1-2-12(16)13-10(8-14)7-9-3-5-11(15)6-4-9;/h3-6,8,10,15H,2,7H2,1H3,(H,13,16);1H3. The van der Waals surface area contributed by atoms with Crippen LogP contribution in [0.15, 0.2) is 24.3 Å². The molecule has 17 heavy (non-hydrogen) atoms. The maximum atomic E-state index is 11.1. The maximum Gasteiger partial charge on any atom is 0.220 e. The van der Waals surface area contributed by atoms with Crippen molar-refractivity contribution >= 4 is 12.2 Å². The van der Waals surface area contributed by atoms with Gasteiger partial charge < -0.3 is 21.4 Å². The summed E-state index contributed by atoms with van der Waals surface area (Å²) in [6.07, 6.45) is 1.52. The zero-order valence-electron chi connectivity index (χ0n) is 9.85. The highest BCUT2D eigenvalue weighted by atomic mass is 16.3. The second-order valence-electron chi connectivity index (χ2n) is 3.53. The lowest BCUT2D eigenvalue weighted by Crippen LogP contribution is -2.37. The molecular formula is C12H18N2O3. The van der Waals surface area contributed by atoms with Gasteiger partial charge in [-0.15, -0.1) is 0 Å². The topological polar surface area (TPSA) is 101 Å². The van der Waals surface area contributed by atoms with Crippen LogP contribution in [0.25, 0.3) is 0 Å². The molecule has 0 saturated heterocycles. The van der Waals surface area contributed by atoms with Gasteiger partial charge >= 0.3 is 0 Å². The molecule has 0 aromatic heterocycles. The predicted octanol–water partition coefficient (Wildman–Crippen LogP) is 1.19. The molecule has 1 aromatic carbocycles. The molecule has 94 valence electrons. The number of nitrogens with one attached hydrogen (secondary N) is 1. The molecule has 5 N–H and O–H groups in total. The number of amides is 1. The van der Waals surface area contributed by atoms with E-state index >= 15 is 0 Å². The Morgan fingerprint density at radius 3 is 2.47 bits per heavy atom. The Bertz CT molecular complexity index is 363. The first-order valence-corrected chi connectivity index (χ1v) is 5.18. The molecule has 5 heteroatoms. The van der Waals surface area contributed by atoms with E-state index in [0.29, 0.717) is 12.8 Å². The molecule has 1 rings (SSSR count). The summed E-state index contributed by atoms with van der Waals surface area (Å²) in [5.41, 5.74) is 0.895. The van der Waals surface area contributed by atoms with Gasteiger partial charge in [0.15, 0.2) is 0 Å². The van der Waals surface area contributed by atoms with Crippen LogP contribution in [0.2, 0.25) is 0 Å². The second kappa shape index (κ2) is 7.40. The monoisotopic (exact) mass is 238 g/mol. The molecule has 0 aliphatic rings. The number of carbonyl (C=O) groups excluding carboxylic acids is 2. The minimum absolute atomic E-state index is 0. The molecule has 0 bridgehead atoms. The van der Waals surface area contributed by atoms with Gasteiger partial charge in [0.05, 0.1) is 6.04 Å². The normalized spacial score (nSPS) is 11.1. The Kier molecular flexibility index (Phi) is 6.58. The SMILES string of the molecule is CCC(=O)NC(C=O)Cc1ccc(O)cc1.N. The lowest BCUT2D eigenvalue weighted by atomic mass is 10.1. The number of benzene rings is 1. The molecule has 1 amide bonds. The van der Waals surface area contributed by atoms with Gasteiger partial charge in [0.1, 0.15) is 12.0 Å². The zero-order valence-corrected chi connectivity index (χ0v) is 9.85. The van der Waals surface area contributed by atoms with Crippen LogP contribution < -0.4 is 11.5 Å². The second-order valence-corrected chi connectivity index (χ2v) is 3.53. The van der Waals surface area contributed by atoms with Crippen LogP contribution in [0.5, 0.6) is 5.75 Å². The van der Waals surface area contributed by atoms with Crippen molar-refractivity contribution in [2.45, 2.75) is 25.8 Å². The summed E-state index contributed by atoms with van der Waals surface area (Å²) < 4.78 is 0. The third-order valence-electron chi connectivity index (χ3n) is 2.22. The van der Waals surface area contributed by atoms with Crippen LogP contribution in [0, 0.1) is 0 Å². The Morgan fingerprint density at radius 2 is 2.00 bits per heavy atom. The average molecular weight is 238 g/mol. The minimum Gasteiger partial charge on any atom is -0.508 e. The largest absolute Gasteiger partial charge is 0.508 e. The molecule has 5 nitrogen and oxygen atoms in total. The summed E-state index contributed by atoms with van der Waals surface area (Å²) in [5.74, 6) is 0.0416. The molecule has 0 saturated carbocycles. The van der Waals surface area contributed by atoms with E-state index in [1.165, 1.54) is 0 Å².